The van der Waals surface area contributed by atoms with Gasteiger partial charge in [0.25, 0.3) is 0 Å². The fourth-order valence-electron chi connectivity index (χ4n) is 1.46. The first-order valence-electron chi connectivity index (χ1n) is 4.51. The fraction of sp³-hybridized carbons (Fsp3) is 0.167. The van der Waals surface area contributed by atoms with Crippen LogP contribution in [0.1, 0.15) is 19.4 Å². The number of allylic oxidation sites excluding steroid dienone is 2. The number of benzene rings is 1. The molecule has 0 atom stereocenters. The highest BCUT2D eigenvalue weighted by molar-refractivity contribution is 5.83. The molecule has 0 aliphatic rings. The van der Waals surface area contributed by atoms with Crippen LogP contribution >= 0.6 is 0 Å². The molecule has 2 aromatic rings. The molecule has 0 aliphatic heterocycles. The van der Waals surface area contributed by atoms with Crippen LogP contribution in [0.3, 0.4) is 0 Å². The van der Waals surface area contributed by atoms with Crippen LogP contribution in [0.4, 0.5) is 0 Å². The van der Waals surface area contributed by atoms with Gasteiger partial charge in [0.2, 0.25) is 0 Å². The Morgan fingerprint density at radius 2 is 2.15 bits per heavy atom. The van der Waals surface area contributed by atoms with Gasteiger partial charge < -0.3 is 4.98 Å². The highest BCUT2D eigenvalue weighted by atomic mass is 14.7. The van der Waals surface area contributed by atoms with E-state index < -0.39 is 0 Å². The molecule has 1 heterocycles. The maximum absolute atomic E-state index is 3.21. The number of nitrogens with one attached hydrogen (secondary N) is 1. The molecule has 1 N–H and O–H groups in total. The van der Waals surface area contributed by atoms with E-state index in [4.69, 9.17) is 0 Å². The van der Waals surface area contributed by atoms with E-state index in [9.17, 15) is 0 Å². The molecule has 1 aromatic carbocycles. The van der Waals surface area contributed by atoms with Crippen molar-refractivity contribution in [2.75, 3.05) is 0 Å². The molecule has 1 nitrogen and oxygen atoms in total. The molecule has 0 saturated heterocycles. The molecular formula is C12H13N. The van der Waals surface area contributed by atoms with Crippen LogP contribution in [0.15, 0.2) is 36.5 Å². The predicted octanol–water partition coefficient (Wildman–Crippen LogP) is 3.59. The molecule has 13 heavy (non-hydrogen) atoms. The predicted molar refractivity (Wildman–Crippen MR) is 57.6 cm³/mol. The summed E-state index contributed by atoms with van der Waals surface area (Å²) in [6.07, 6.45) is 4.10. The number of fused-ring (bicyclic) bond motifs is 1. The Hall–Kier alpha value is -1.50. The zero-order chi connectivity index (χ0) is 9.26. The lowest BCUT2D eigenvalue weighted by atomic mass is 10.1. The molecular weight excluding hydrogens is 158 g/mol. The molecule has 0 bridgehead atoms. The summed E-state index contributed by atoms with van der Waals surface area (Å²) >= 11 is 0. The van der Waals surface area contributed by atoms with E-state index in [2.05, 4.69) is 49.2 Å². The maximum Gasteiger partial charge on any atom is 0.0460 e. The van der Waals surface area contributed by atoms with E-state index in [0.29, 0.717) is 0 Å². The van der Waals surface area contributed by atoms with Gasteiger partial charge in [0.05, 0.1) is 0 Å². The Bertz CT molecular complexity index is 449. The van der Waals surface area contributed by atoms with Crippen molar-refractivity contribution in [3.63, 3.8) is 0 Å². The molecule has 1 aromatic heterocycles. The van der Waals surface area contributed by atoms with Crippen molar-refractivity contribution >= 4 is 16.5 Å². The quantitative estimate of drug-likeness (QED) is 0.674. The summed E-state index contributed by atoms with van der Waals surface area (Å²) in [5, 5.41) is 1.27. The molecule has 0 radical (unpaired) electrons. The topological polar surface area (TPSA) is 15.8 Å². The average molecular weight is 171 g/mol. The van der Waals surface area contributed by atoms with E-state index in [1.165, 1.54) is 22.0 Å². The van der Waals surface area contributed by atoms with E-state index in [1.54, 1.807) is 0 Å². The second kappa shape index (κ2) is 3.09. The first-order chi connectivity index (χ1) is 6.31. The van der Waals surface area contributed by atoms with Crippen molar-refractivity contribution < 1.29 is 0 Å². The summed E-state index contributed by atoms with van der Waals surface area (Å²) in [7, 11) is 0. The average Bonchev–Trinajstić information content (AvgIpc) is 2.63. The van der Waals surface area contributed by atoms with Crippen LogP contribution in [0.2, 0.25) is 0 Å². The Labute approximate surface area is 78.1 Å². The lowest BCUT2D eigenvalue weighted by Crippen LogP contribution is -1.78. The third kappa shape index (κ3) is 1.37. The molecule has 0 amide bonds. The zero-order valence-electron chi connectivity index (χ0n) is 7.96. The zero-order valence-corrected chi connectivity index (χ0v) is 7.96. The van der Waals surface area contributed by atoms with E-state index in [1.807, 2.05) is 6.20 Å². The van der Waals surface area contributed by atoms with Crippen molar-refractivity contribution in [1.29, 1.82) is 0 Å². The van der Waals surface area contributed by atoms with Crippen molar-refractivity contribution in [3.05, 3.63) is 42.1 Å². The summed E-state index contributed by atoms with van der Waals surface area (Å²) < 4.78 is 0. The second-order valence-corrected chi connectivity index (χ2v) is 3.25. The van der Waals surface area contributed by atoms with Gasteiger partial charge in [-0.3, -0.25) is 0 Å². The lowest BCUT2D eigenvalue weighted by Gasteiger charge is -2.00. The van der Waals surface area contributed by atoms with Gasteiger partial charge >= 0.3 is 0 Å². The van der Waals surface area contributed by atoms with E-state index in [0.717, 1.165) is 0 Å². The van der Waals surface area contributed by atoms with Crippen LogP contribution in [0.5, 0.6) is 0 Å². The number of rotatable bonds is 1. The lowest BCUT2D eigenvalue weighted by molar-refractivity contribution is 1.46. The van der Waals surface area contributed by atoms with Crippen LogP contribution in [-0.4, -0.2) is 4.98 Å². The minimum absolute atomic E-state index is 1.21. The number of hydrogen-bond acceptors (Lipinski definition) is 0. The molecule has 2 rings (SSSR count). The molecule has 0 unspecified atom stereocenters. The molecule has 0 spiro atoms. The van der Waals surface area contributed by atoms with Crippen LogP contribution < -0.4 is 0 Å². The monoisotopic (exact) mass is 171 g/mol. The summed E-state index contributed by atoms with van der Waals surface area (Å²) in [6.45, 7) is 4.19. The number of hydrogen-bond donors (Lipinski definition) is 1. The number of aromatic amines is 1. The van der Waals surface area contributed by atoms with Crippen molar-refractivity contribution in [2.24, 2.45) is 0 Å². The number of H-pyrrole nitrogens is 1. The molecule has 66 valence electrons. The molecule has 0 aliphatic carbocycles. The van der Waals surface area contributed by atoms with Gasteiger partial charge in [0, 0.05) is 11.7 Å². The van der Waals surface area contributed by atoms with Gasteiger partial charge in [-0.1, -0.05) is 18.2 Å². The summed E-state index contributed by atoms with van der Waals surface area (Å²) in [4.78, 5) is 3.21. The minimum atomic E-state index is 1.21. The third-order valence-corrected chi connectivity index (χ3v) is 2.44. The Balaban J connectivity index is 2.60. The molecule has 0 saturated carbocycles. The fourth-order valence-corrected chi connectivity index (χ4v) is 1.46. The Morgan fingerprint density at radius 1 is 1.31 bits per heavy atom. The highest BCUT2D eigenvalue weighted by Crippen LogP contribution is 2.19. The molecule has 0 fully saturated rings. The Kier molecular flexibility index (Phi) is 1.93. The second-order valence-electron chi connectivity index (χ2n) is 3.25. The van der Waals surface area contributed by atoms with Crippen molar-refractivity contribution in [2.45, 2.75) is 13.8 Å². The van der Waals surface area contributed by atoms with Gasteiger partial charge in [-0.25, -0.2) is 0 Å². The van der Waals surface area contributed by atoms with Gasteiger partial charge in [0.1, 0.15) is 0 Å². The van der Waals surface area contributed by atoms with E-state index >= 15 is 0 Å². The SMILES string of the molecule is C/C=C(\C)c1ccc2cc[nH]c2c1. The maximum atomic E-state index is 3.21. The van der Waals surface area contributed by atoms with Crippen LogP contribution in [-0.2, 0) is 0 Å². The van der Waals surface area contributed by atoms with E-state index in [-0.39, 0.29) is 0 Å². The summed E-state index contributed by atoms with van der Waals surface area (Å²) in [6, 6.07) is 8.58. The van der Waals surface area contributed by atoms with Gasteiger partial charge in [-0.05, 0) is 42.5 Å². The van der Waals surface area contributed by atoms with Gasteiger partial charge in [-0.2, -0.15) is 0 Å². The van der Waals surface area contributed by atoms with Crippen molar-refractivity contribution in [3.8, 4) is 0 Å². The highest BCUT2D eigenvalue weighted by Gasteiger charge is 1.97. The smallest absolute Gasteiger partial charge is 0.0460 e. The van der Waals surface area contributed by atoms with Crippen molar-refractivity contribution in [1.82, 2.24) is 4.98 Å². The standard InChI is InChI=1S/C12H13N/c1-3-9(2)11-5-4-10-6-7-13-12(10)8-11/h3-8,13H,1-2H3/b9-3+. The van der Waals surface area contributed by atoms with Gasteiger partial charge in [-0.15, -0.1) is 0 Å². The van der Waals surface area contributed by atoms with Gasteiger partial charge in [0.15, 0.2) is 0 Å². The first kappa shape index (κ1) is 8.11. The molecule has 1 heteroatoms. The first-order valence-corrected chi connectivity index (χ1v) is 4.51. The van der Waals surface area contributed by atoms with Crippen LogP contribution in [0.25, 0.3) is 16.5 Å². The normalized spacial score (nSPS) is 12.3. The third-order valence-electron chi connectivity index (χ3n) is 2.44. The minimum Gasteiger partial charge on any atom is -0.361 e. The Morgan fingerprint density at radius 3 is 2.92 bits per heavy atom. The number of aromatic nitrogens is 1. The largest absolute Gasteiger partial charge is 0.361 e. The summed E-state index contributed by atoms with van der Waals surface area (Å²) in [5.41, 5.74) is 3.81. The summed E-state index contributed by atoms with van der Waals surface area (Å²) in [5.74, 6) is 0. The van der Waals surface area contributed by atoms with Crippen LogP contribution in [0, 0.1) is 0 Å².